The fourth-order valence-corrected chi connectivity index (χ4v) is 9.60. The van der Waals surface area contributed by atoms with E-state index in [9.17, 15) is 14.4 Å². The molecule has 1 atom stereocenters. The lowest BCUT2D eigenvalue weighted by molar-refractivity contribution is -0.167. The molecule has 0 aromatic carbocycles. The number of unbranched alkanes of at least 4 members (excludes halogenated alkanes) is 38. The zero-order chi connectivity index (χ0) is 55.7. The molecule has 0 radical (unpaired) electrons. The largest absolute Gasteiger partial charge is 0.462 e. The van der Waals surface area contributed by atoms with Gasteiger partial charge in [-0.2, -0.15) is 0 Å². The standard InChI is InChI=1S/C71H126O6/c1-4-7-10-13-16-19-22-24-26-28-30-31-32-33-34-35-36-37-38-39-40-41-42-44-45-47-49-52-55-58-61-64-70(73)76-67-68(66-75-69(72)63-60-57-54-51-21-18-15-12-9-6-3)77-71(74)65-62-59-56-53-50-48-46-43-29-27-25-23-20-17-14-11-8-5-2/h12,15,20,22-24,27-30,32-33,68H,4-11,13-14,16-19,21,25-26,31,34-67H2,1-3H3/b15-12-,23-20-,24-22-,29-27-,30-28-,33-32-. The second-order valence-corrected chi connectivity index (χ2v) is 22.4. The van der Waals surface area contributed by atoms with E-state index in [4.69, 9.17) is 14.2 Å². The van der Waals surface area contributed by atoms with Crippen molar-refractivity contribution in [1.82, 2.24) is 0 Å². The molecule has 1 unspecified atom stereocenters. The van der Waals surface area contributed by atoms with E-state index < -0.39 is 6.10 Å². The van der Waals surface area contributed by atoms with Crippen LogP contribution in [0.1, 0.15) is 342 Å². The van der Waals surface area contributed by atoms with Crippen molar-refractivity contribution in [2.75, 3.05) is 13.2 Å². The summed E-state index contributed by atoms with van der Waals surface area (Å²) in [4.78, 5) is 38.2. The van der Waals surface area contributed by atoms with Crippen LogP contribution in [0.25, 0.3) is 0 Å². The van der Waals surface area contributed by atoms with Crippen molar-refractivity contribution >= 4 is 17.9 Å². The number of hydrogen-bond acceptors (Lipinski definition) is 6. The molecule has 0 heterocycles. The minimum absolute atomic E-state index is 0.0790. The Labute approximate surface area is 478 Å². The van der Waals surface area contributed by atoms with Crippen molar-refractivity contribution in [2.24, 2.45) is 0 Å². The van der Waals surface area contributed by atoms with Crippen LogP contribution < -0.4 is 0 Å². The Kier molecular flexibility index (Phi) is 62.7. The van der Waals surface area contributed by atoms with E-state index in [0.717, 1.165) is 96.3 Å². The maximum atomic E-state index is 12.9. The molecule has 0 aromatic rings. The molecule has 0 saturated carbocycles. The Bertz CT molecular complexity index is 1420. The molecule has 0 aliphatic rings. The van der Waals surface area contributed by atoms with Gasteiger partial charge in [-0.1, -0.05) is 286 Å². The Balaban J connectivity index is 4.14. The van der Waals surface area contributed by atoms with E-state index >= 15 is 0 Å². The highest BCUT2D eigenvalue weighted by molar-refractivity contribution is 5.71. The summed E-state index contributed by atoms with van der Waals surface area (Å²) in [5, 5.41) is 0. The van der Waals surface area contributed by atoms with Crippen LogP contribution >= 0.6 is 0 Å². The lowest BCUT2D eigenvalue weighted by Gasteiger charge is -2.18. The average molecular weight is 1080 g/mol. The third-order valence-electron chi connectivity index (χ3n) is 14.6. The maximum absolute atomic E-state index is 12.9. The van der Waals surface area contributed by atoms with Gasteiger partial charge < -0.3 is 14.2 Å². The molecule has 0 amide bonds. The number of esters is 3. The normalized spacial score (nSPS) is 12.5. The van der Waals surface area contributed by atoms with Gasteiger partial charge in [0.1, 0.15) is 13.2 Å². The summed E-state index contributed by atoms with van der Waals surface area (Å²) in [7, 11) is 0. The summed E-state index contributed by atoms with van der Waals surface area (Å²) in [5.41, 5.74) is 0. The highest BCUT2D eigenvalue weighted by atomic mass is 16.6. The van der Waals surface area contributed by atoms with E-state index in [1.54, 1.807) is 0 Å². The van der Waals surface area contributed by atoms with E-state index in [1.165, 1.54) is 205 Å². The Morgan fingerprint density at radius 3 is 0.805 bits per heavy atom. The Hall–Kier alpha value is -3.15. The zero-order valence-corrected chi connectivity index (χ0v) is 51.2. The molecule has 6 heteroatoms. The average Bonchev–Trinajstić information content (AvgIpc) is 3.43. The molecule has 77 heavy (non-hydrogen) atoms. The number of hydrogen-bond donors (Lipinski definition) is 0. The Morgan fingerprint density at radius 1 is 0.260 bits per heavy atom. The molecule has 0 rings (SSSR count). The van der Waals surface area contributed by atoms with Gasteiger partial charge in [-0.15, -0.1) is 0 Å². The van der Waals surface area contributed by atoms with Gasteiger partial charge >= 0.3 is 17.9 Å². The van der Waals surface area contributed by atoms with Crippen LogP contribution in [-0.2, 0) is 28.6 Å². The summed E-state index contributed by atoms with van der Waals surface area (Å²) < 4.78 is 16.9. The summed E-state index contributed by atoms with van der Waals surface area (Å²) in [6, 6.07) is 0. The van der Waals surface area contributed by atoms with Gasteiger partial charge in [0.15, 0.2) is 6.10 Å². The lowest BCUT2D eigenvalue weighted by atomic mass is 10.0. The van der Waals surface area contributed by atoms with Crippen LogP contribution in [-0.4, -0.2) is 37.2 Å². The molecule has 6 nitrogen and oxygen atoms in total. The summed E-state index contributed by atoms with van der Waals surface area (Å²) in [5.74, 6) is -0.884. The molecule has 0 saturated heterocycles. The zero-order valence-electron chi connectivity index (χ0n) is 51.2. The first-order chi connectivity index (χ1) is 38.0. The predicted octanol–water partition coefficient (Wildman–Crippen LogP) is 22.9. The number of rotatable bonds is 61. The second-order valence-electron chi connectivity index (χ2n) is 22.4. The van der Waals surface area contributed by atoms with E-state index in [2.05, 4.69) is 93.7 Å². The third kappa shape index (κ3) is 63.6. The van der Waals surface area contributed by atoms with Crippen molar-refractivity contribution in [1.29, 1.82) is 0 Å². The highest BCUT2D eigenvalue weighted by Gasteiger charge is 2.19. The molecule has 0 spiro atoms. The van der Waals surface area contributed by atoms with E-state index in [0.29, 0.717) is 19.3 Å². The van der Waals surface area contributed by atoms with Crippen LogP contribution in [0.15, 0.2) is 72.9 Å². The summed E-state index contributed by atoms with van der Waals surface area (Å²) in [6.07, 6.45) is 85.0. The van der Waals surface area contributed by atoms with Crippen LogP contribution in [0, 0.1) is 0 Å². The molecule has 0 fully saturated rings. The summed E-state index contributed by atoms with van der Waals surface area (Å²) in [6.45, 7) is 6.57. The van der Waals surface area contributed by atoms with Crippen molar-refractivity contribution in [3.63, 3.8) is 0 Å². The second kappa shape index (κ2) is 65.4. The van der Waals surface area contributed by atoms with Gasteiger partial charge in [0, 0.05) is 19.3 Å². The van der Waals surface area contributed by atoms with E-state index in [-0.39, 0.29) is 31.1 Å². The van der Waals surface area contributed by atoms with Gasteiger partial charge in [0.05, 0.1) is 0 Å². The summed E-state index contributed by atoms with van der Waals surface area (Å²) >= 11 is 0. The lowest BCUT2D eigenvalue weighted by Crippen LogP contribution is -2.30. The number of carbonyl (C=O) groups is 3. The van der Waals surface area contributed by atoms with Gasteiger partial charge in [-0.05, 0) is 109 Å². The molecule has 0 aliphatic heterocycles. The fraction of sp³-hybridized carbons (Fsp3) is 0.789. The van der Waals surface area contributed by atoms with Crippen LogP contribution in [0.4, 0.5) is 0 Å². The molecule has 0 bridgehead atoms. The topological polar surface area (TPSA) is 78.9 Å². The number of carbonyl (C=O) groups excluding carboxylic acids is 3. The van der Waals surface area contributed by atoms with Gasteiger partial charge in [0.2, 0.25) is 0 Å². The highest BCUT2D eigenvalue weighted by Crippen LogP contribution is 2.17. The van der Waals surface area contributed by atoms with Gasteiger partial charge in [-0.3, -0.25) is 14.4 Å². The minimum atomic E-state index is -0.782. The van der Waals surface area contributed by atoms with Crippen LogP contribution in [0.2, 0.25) is 0 Å². The quantitative estimate of drug-likeness (QED) is 0.0261. The van der Waals surface area contributed by atoms with E-state index in [1.807, 2.05) is 0 Å². The molecule has 0 aliphatic carbocycles. The van der Waals surface area contributed by atoms with Crippen molar-refractivity contribution in [3.05, 3.63) is 72.9 Å². The maximum Gasteiger partial charge on any atom is 0.306 e. The minimum Gasteiger partial charge on any atom is -0.462 e. The van der Waals surface area contributed by atoms with Crippen LogP contribution in [0.5, 0.6) is 0 Å². The van der Waals surface area contributed by atoms with Gasteiger partial charge in [0.25, 0.3) is 0 Å². The first-order valence-corrected chi connectivity index (χ1v) is 33.4. The van der Waals surface area contributed by atoms with Crippen molar-refractivity contribution < 1.29 is 28.6 Å². The van der Waals surface area contributed by atoms with Crippen molar-refractivity contribution in [3.8, 4) is 0 Å². The first kappa shape index (κ1) is 73.8. The van der Waals surface area contributed by atoms with Crippen LogP contribution in [0.3, 0.4) is 0 Å². The molecular weight excluding hydrogens is 949 g/mol. The van der Waals surface area contributed by atoms with Gasteiger partial charge in [-0.25, -0.2) is 0 Å². The fourth-order valence-electron chi connectivity index (χ4n) is 9.60. The smallest absolute Gasteiger partial charge is 0.306 e. The molecule has 0 N–H and O–H groups in total. The number of allylic oxidation sites excluding steroid dienone is 12. The predicted molar refractivity (Wildman–Crippen MR) is 335 cm³/mol. The SMILES string of the molecule is CCC/C=C\CCCCCCCC(=O)OCC(COC(=O)CCCCCCCCCCCCCCCCCC/C=C\C/C=C\C/C=C\CCCCCCC)OC(=O)CCCCCCCCC/C=C\C/C=C\CCCCCC. The molecular formula is C71H126O6. The monoisotopic (exact) mass is 1070 g/mol. The van der Waals surface area contributed by atoms with Crippen molar-refractivity contribution in [2.45, 2.75) is 348 Å². The Morgan fingerprint density at radius 2 is 0.494 bits per heavy atom. The third-order valence-corrected chi connectivity index (χ3v) is 14.6. The molecule has 0 aromatic heterocycles. The molecule has 446 valence electrons. The number of ether oxygens (including phenoxy) is 3. The first-order valence-electron chi connectivity index (χ1n) is 33.4.